The molecule has 3 aromatic heterocycles. The highest BCUT2D eigenvalue weighted by Gasteiger charge is 2.20. The van der Waals surface area contributed by atoms with Crippen molar-refractivity contribution in [2.24, 2.45) is 0 Å². The van der Waals surface area contributed by atoms with Gasteiger partial charge in [-0.1, -0.05) is 182 Å². The summed E-state index contributed by atoms with van der Waals surface area (Å²) in [5, 5.41) is 9.97. The number of imidazole rings is 1. The van der Waals surface area contributed by atoms with Crippen LogP contribution in [0.15, 0.2) is 194 Å². The fraction of sp³-hybridized carbons (Fsp3) is 0. The number of rotatable bonds is 4. The number of hydrogen-bond donors (Lipinski definition) is 0. The number of benzene rings is 9. The van der Waals surface area contributed by atoms with E-state index in [0.717, 1.165) is 27.9 Å². The largest absolute Gasteiger partial charge is 0.291 e. The predicted octanol–water partition coefficient (Wildman–Crippen LogP) is 15.0. The minimum atomic E-state index is 1.01. The lowest BCUT2D eigenvalue weighted by atomic mass is 9.91. The van der Waals surface area contributed by atoms with Gasteiger partial charge in [0.15, 0.2) is 5.65 Å². The molecule has 3 heterocycles. The Hall–Kier alpha value is -7.07. The third-order valence-corrected chi connectivity index (χ3v) is 12.9. The van der Waals surface area contributed by atoms with E-state index < -0.39 is 0 Å². The van der Waals surface area contributed by atoms with Gasteiger partial charge >= 0.3 is 0 Å². The van der Waals surface area contributed by atoms with Crippen molar-refractivity contribution in [1.29, 1.82) is 0 Å². The number of thiophene rings is 1. The molecule has 56 heavy (non-hydrogen) atoms. The van der Waals surface area contributed by atoms with Crippen molar-refractivity contribution in [2.75, 3.05) is 0 Å². The van der Waals surface area contributed by atoms with Crippen LogP contribution in [0.25, 0.3) is 114 Å². The lowest BCUT2D eigenvalue weighted by Crippen LogP contribution is -1.93. The Balaban J connectivity index is 1.02. The molecule has 0 spiro atoms. The van der Waals surface area contributed by atoms with Crippen molar-refractivity contribution in [2.45, 2.75) is 0 Å². The summed E-state index contributed by atoms with van der Waals surface area (Å²) in [6.45, 7) is 0. The quantitative estimate of drug-likeness (QED) is 0.176. The molecule has 0 atom stereocenters. The summed E-state index contributed by atoms with van der Waals surface area (Å²) in [6, 6.07) is 70.8. The van der Waals surface area contributed by atoms with Gasteiger partial charge in [0, 0.05) is 20.9 Å². The molecule has 0 amide bonds. The van der Waals surface area contributed by atoms with Gasteiger partial charge in [0.25, 0.3) is 0 Å². The number of fused-ring (bicyclic) bond motifs is 12. The third-order valence-electron chi connectivity index (χ3n) is 11.6. The van der Waals surface area contributed by atoms with Gasteiger partial charge < -0.3 is 0 Å². The smallest absolute Gasteiger partial charge is 0.156 e. The Morgan fingerprint density at radius 1 is 0.357 bits per heavy atom. The van der Waals surface area contributed by atoms with Crippen molar-refractivity contribution in [3.63, 3.8) is 0 Å². The SMILES string of the molecule is c1ccc(-c2ccc(-c3ccc(-c4ccc(-c5cc6c7ccc8ccccc8c7sc6c6nc7c8ccccc8ccc7n56)cc4)c4ccccc34)cc2)cc1. The monoisotopic (exact) mass is 728 g/mol. The molecule has 0 saturated carbocycles. The summed E-state index contributed by atoms with van der Waals surface area (Å²) in [4.78, 5) is 5.46. The molecule has 0 radical (unpaired) electrons. The lowest BCUT2D eigenvalue weighted by molar-refractivity contribution is 1.25. The van der Waals surface area contributed by atoms with Crippen molar-refractivity contribution < 1.29 is 0 Å². The third kappa shape index (κ3) is 4.71. The Morgan fingerprint density at radius 2 is 0.893 bits per heavy atom. The second-order valence-electron chi connectivity index (χ2n) is 14.7. The molecule has 3 heteroatoms. The zero-order valence-electron chi connectivity index (χ0n) is 30.3. The summed E-state index contributed by atoms with van der Waals surface area (Å²) in [5.41, 5.74) is 12.8. The molecule has 0 fully saturated rings. The minimum Gasteiger partial charge on any atom is -0.291 e. The van der Waals surface area contributed by atoms with Crippen molar-refractivity contribution in [3.05, 3.63) is 194 Å². The van der Waals surface area contributed by atoms with Crippen LogP contribution in [0.5, 0.6) is 0 Å². The highest BCUT2D eigenvalue weighted by Crippen LogP contribution is 2.44. The molecular weight excluding hydrogens is 697 g/mol. The van der Waals surface area contributed by atoms with E-state index in [1.165, 1.54) is 85.9 Å². The predicted molar refractivity (Wildman–Crippen MR) is 240 cm³/mol. The van der Waals surface area contributed by atoms with E-state index in [1.807, 2.05) is 11.3 Å². The normalized spacial score (nSPS) is 11.9. The Bertz CT molecular complexity index is 3500. The van der Waals surface area contributed by atoms with E-state index in [1.54, 1.807) is 0 Å². The molecule has 0 aliphatic carbocycles. The second kappa shape index (κ2) is 12.2. The summed E-state index contributed by atoms with van der Waals surface area (Å²) in [6.07, 6.45) is 0. The molecule has 0 N–H and O–H groups in total. The first-order chi connectivity index (χ1) is 27.8. The van der Waals surface area contributed by atoms with Crippen LogP contribution in [0.1, 0.15) is 0 Å². The maximum atomic E-state index is 5.46. The van der Waals surface area contributed by atoms with Crippen molar-refractivity contribution >= 4 is 80.5 Å². The maximum absolute atomic E-state index is 5.46. The van der Waals surface area contributed by atoms with Gasteiger partial charge in [-0.25, -0.2) is 4.98 Å². The van der Waals surface area contributed by atoms with Crippen LogP contribution in [0.4, 0.5) is 0 Å². The number of aromatic nitrogens is 2. The van der Waals surface area contributed by atoms with Gasteiger partial charge in [0.1, 0.15) is 0 Å². The van der Waals surface area contributed by atoms with Gasteiger partial charge in [-0.2, -0.15) is 0 Å². The van der Waals surface area contributed by atoms with Gasteiger partial charge in [0.05, 0.1) is 21.4 Å². The van der Waals surface area contributed by atoms with E-state index >= 15 is 0 Å². The average molecular weight is 729 g/mol. The topological polar surface area (TPSA) is 17.3 Å². The number of hydrogen-bond acceptors (Lipinski definition) is 2. The van der Waals surface area contributed by atoms with Crippen LogP contribution in [0, 0.1) is 0 Å². The molecule has 0 aliphatic heterocycles. The zero-order valence-corrected chi connectivity index (χ0v) is 31.1. The first-order valence-corrected chi connectivity index (χ1v) is 19.9. The summed E-state index contributed by atoms with van der Waals surface area (Å²) < 4.78 is 4.93. The molecule has 2 nitrogen and oxygen atoms in total. The van der Waals surface area contributed by atoms with Crippen molar-refractivity contribution in [3.8, 4) is 44.6 Å². The van der Waals surface area contributed by atoms with Gasteiger partial charge in [-0.3, -0.25) is 4.40 Å². The summed E-state index contributed by atoms with van der Waals surface area (Å²) in [7, 11) is 0. The molecule has 9 aromatic carbocycles. The van der Waals surface area contributed by atoms with E-state index in [4.69, 9.17) is 4.98 Å². The summed E-state index contributed by atoms with van der Waals surface area (Å²) in [5.74, 6) is 0. The number of nitrogens with zero attached hydrogens (tertiary/aromatic N) is 2. The second-order valence-corrected chi connectivity index (χ2v) is 15.7. The fourth-order valence-corrected chi connectivity index (χ4v) is 10.2. The van der Waals surface area contributed by atoms with Crippen molar-refractivity contribution in [1.82, 2.24) is 9.38 Å². The fourth-order valence-electron chi connectivity index (χ4n) is 8.87. The van der Waals surface area contributed by atoms with Crippen LogP contribution in [0.2, 0.25) is 0 Å². The first-order valence-electron chi connectivity index (χ1n) is 19.1. The number of pyridine rings is 1. The average Bonchev–Trinajstić information content (AvgIpc) is 3.86. The van der Waals surface area contributed by atoms with Gasteiger partial charge in [0.2, 0.25) is 0 Å². The first kappa shape index (κ1) is 31.3. The van der Waals surface area contributed by atoms with E-state index in [0.29, 0.717) is 0 Å². The van der Waals surface area contributed by atoms with Crippen LogP contribution < -0.4 is 0 Å². The van der Waals surface area contributed by atoms with Gasteiger partial charge in [-0.15, -0.1) is 11.3 Å². The Kier molecular flexibility index (Phi) is 6.83. The van der Waals surface area contributed by atoms with Crippen LogP contribution in [-0.2, 0) is 0 Å². The van der Waals surface area contributed by atoms with Gasteiger partial charge in [-0.05, 0) is 78.0 Å². The molecule has 0 aliphatic rings. The molecule has 12 rings (SSSR count). The van der Waals surface area contributed by atoms with E-state index in [2.05, 4.69) is 199 Å². The van der Waals surface area contributed by atoms with Crippen LogP contribution in [-0.4, -0.2) is 9.38 Å². The Morgan fingerprint density at radius 3 is 1.59 bits per heavy atom. The van der Waals surface area contributed by atoms with Crippen LogP contribution in [0.3, 0.4) is 0 Å². The van der Waals surface area contributed by atoms with E-state index in [-0.39, 0.29) is 0 Å². The maximum Gasteiger partial charge on any atom is 0.156 e. The minimum absolute atomic E-state index is 1.01. The van der Waals surface area contributed by atoms with E-state index in [9.17, 15) is 0 Å². The van der Waals surface area contributed by atoms with Crippen LogP contribution >= 0.6 is 11.3 Å². The molecular formula is C53H32N2S. The molecule has 0 bridgehead atoms. The standard InChI is InChI=1S/C53H32N2S/c1-2-10-33(11-3-1)34-18-20-37(21-19-34)40-29-30-41(45-17-9-8-16-44(40)45)38-22-24-39(25-23-38)49-32-47-46-28-26-36-13-5-7-15-43(36)51(46)56-52(47)53-54-50-42-14-6-4-12-35(42)27-31-48(50)55(49)53/h1-32H. The Labute approximate surface area is 327 Å². The molecule has 0 unspecified atom stereocenters. The summed E-state index contributed by atoms with van der Waals surface area (Å²) >= 11 is 1.86. The lowest BCUT2D eigenvalue weighted by Gasteiger charge is -2.14. The highest BCUT2D eigenvalue weighted by molar-refractivity contribution is 7.27. The molecule has 0 saturated heterocycles. The zero-order chi connectivity index (χ0) is 36.7. The molecule has 260 valence electrons. The molecule has 12 aromatic rings. The highest BCUT2D eigenvalue weighted by atomic mass is 32.1.